The summed E-state index contributed by atoms with van der Waals surface area (Å²) in [5, 5.41) is 5.50. The summed E-state index contributed by atoms with van der Waals surface area (Å²) in [5.74, 6) is 1.06. The van der Waals surface area contributed by atoms with Crippen molar-refractivity contribution in [1.82, 2.24) is 10.6 Å². The zero-order chi connectivity index (χ0) is 21.2. The highest BCUT2D eigenvalue weighted by molar-refractivity contribution is 7.98. The van der Waals surface area contributed by atoms with Gasteiger partial charge in [0, 0.05) is 24.0 Å². The molecule has 0 fully saturated rings. The number of alkyl carbamates (subject to hydrolysis) is 1. The number of Topliss-reactive ketones (excluding diaryl/α,β-unsaturated/α-hetero) is 1. The Balaban J connectivity index is 2.35. The molecule has 0 heterocycles. The first-order chi connectivity index (χ1) is 13.1. The average molecular weight is 409 g/mol. The van der Waals surface area contributed by atoms with Crippen molar-refractivity contribution in [3.63, 3.8) is 0 Å². The van der Waals surface area contributed by atoms with Crippen molar-refractivity contribution in [1.29, 1.82) is 0 Å². The lowest BCUT2D eigenvalue weighted by Crippen LogP contribution is -2.42. The predicted octanol–water partition coefficient (Wildman–Crippen LogP) is 3.69. The highest BCUT2D eigenvalue weighted by Crippen LogP contribution is 2.13. The lowest BCUT2D eigenvalue weighted by Gasteiger charge is -2.22. The van der Waals surface area contributed by atoms with Gasteiger partial charge in [0.05, 0.1) is 6.04 Å². The Hall–Kier alpha value is -2.02. The molecule has 0 saturated carbocycles. The van der Waals surface area contributed by atoms with Crippen LogP contribution in [0.3, 0.4) is 0 Å². The first kappa shape index (κ1) is 24.0. The third-order valence-corrected chi connectivity index (χ3v) is 4.90. The summed E-state index contributed by atoms with van der Waals surface area (Å²) in [4.78, 5) is 35.8. The summed E-state index contributed by atoms with van der Waals surface area (Å²) in [6, 6.07) is 9.28. The van der Waals surface area contributed by atoms with E-state index >= 15 is 0 Å². The van der Waals surface area contributed by atoms with Gasteiger partial charge in [0.1, 0.15) is 5.60 Å². The number of ketones is 1. The van der Waals surface area contributed by atoms with E-state index < -0.39 is 17.7 Å². The van der Waals surface area contributed by atoms with Gasteiger partial charge in [-0.2, -0.15) is 11.8 Å². The molecule has 0 aliphatic heterocycles. The van der Waals surface area contributed by atoms with Crippen molar-refractivity contribution >= 4 is 29.5 Å². The van der Waals surface area contributed by atoms with Gasteiger partial charge in [-0.25, -0.2) is 4.79 Å². The van der Waals surface area contributed by atoms with E-state index in [0.717, 1.165) is 5.75 Å². The molecule has 2 unspecified atom stereocenters. The molecular weight excluding hydrogens is 376 g/mol. The summed E-state index contributed by atoms with van der Waals surface area (Å²) in [6.07, 6.45) is 0.191. The molecule has 2 N–H and O–H groups in total. The first-order valence-corrected chi connectivity index (χ1v) is 10.6. The molecule has 2 atom stereocenters. The number of thioether (sulfide) groups is 1. The van der Waals surface area contributed by atoms with Crippen LogP contribution in [0.25, 0.3) is 0 Å². The van der Waals surface area contributed by atoms with Gasteiger partial charge < -0.3 is 15.4 Å². The van der Waals surface area contributed by atoms with E-state index in [-0.39, 0.29) is 24.2 Å². The van der Waals surface area contributed by atoms with Crippen LogP contribution in [0.15, 0.2) is 30.3 Å². The van der Waals surface area contributed by atoms with Crippen molar-refractivity contribution in [2.45, 2.75) is 70.9 Å². The average Bonchev–Trinajstić information content (AvgIpc) is 2.58. The normalized spacial score (nSPS) is 13.3. The molecule has 0 bridgehead atoms. The predicted molar refractivity (Wildman–Crippen MR) is 113 cm³/mol. The van der Waals surface area contributed by atoms with Crippen LogP contribution in [0.4, 0.5) is 4.79 Å². The fourth-order valence-corrected chi connectivity index (χ4v) is 3.42. The molecule has 0 aliphatic rings. The Labute approximate surface area is 172 Å². The maximum absolute atomic E-state index is 12.2. The monoisotopic (exact) mass is 408 g/mol. The third kappa shape index (κ3) is 11.0. The molecule has 0 aliphatic carbocycles. The molecular formula is C21H32N2O4S. The molecule has 1 rings (SSSR count). The molecule has 2 amide bonds. The Morgan fingerprint density at radius 2 is 1.75 bits per heavy atom. The minimum absolute atomic E-state index is 0.0613. The number of amides is 2. The number of benzene rings is 1. The second kappa shape index (κ2) is 11.7. The van der Waals surface area contributed by atoms with Crippen LogP contribution in [-0.4, -0.2) is 41.2 Å². The zero-order valence-corrected chi connectivity index (χ0v) is 18.2. The van der Waals surface area contributed by atoms with Crippen LogP contribution in [0.5, 0.6) is 0 Å². The Bertz CT molecular complexity index is 644. The minimum atomic E-state index is -0.562. The van der Waals surface area contributed by atoms with Crippen molar-refractivity contribution in [3.05, 3.63) is 35.9 Å². The molecule has 0 spiro atoms. The van der Waals surface area contributed by atoms with E-state index in [1.807, 2.05) is 37.3 Å². The summed E-state index contributed by atoms with van der Waals surface area (Å²) >= 11 is 1.61. The number of hydrogen-bond acceptors (Lipinski definition) is 5. The number of rotatable bonds is 10. The van der Waals surface area contributed by atoms with Gasteiger partial charge in [-0.1, -0.05) is 30.3 Å². The quantitative estimate of drug-likeness (QED) is 0.617. The molecule has 28 heavy (non-hydrogen) atoms. The van der Waals surface area contributed by atoms with E-state index in [9.17, 15) is 14.4 Å². The summed E-state index contributed by atoms with van der Waals surface area (Å²) in [6.45, 7) is 8.68. The largest absolute Gasteiger partial charge is 0.444 e. The molecule has 1 aromatic carbocycles. The fraction of sp³-hybridized carbons (Fsp3) is 0.571. The van der Waals surface area contributed by atoms with Crippen LogP contribution in [-0.2, 0) is 20.1 Å². The van der Waals surface area contributed by atoms with E-state index in [0.29, 0.717) is 12.2 Å². The van der Waals surface area contributed by atoms with Crippen molar-refractivity contribution in [3.8, 4) is 0 Å². The van der Waals surface area contributed by atoms with Crippen LogP contribution >= 0.6 is 11.8 Å². The van der Waals surface area contributed by atoms with Gasteiger partial charge in [-0.15, -0.1) is 0 Å². The standard InChI is InChI=1S/C21H32N2O4S/c1-15(22-20(26)27-21(3,4)5)11-12-19(25)23-18(16(2)24)14-28-13-17-9-7-6-8-10-17/h6-10,15,18H,11-14H2,1-5H3,(H,22,26)(H,23,25). The van der Waals surface area contributed by atoms with Gasteiger partial charge in [0.15, 0.2) is 5.78 Å². The van der Waals surface area contributed by atoms with Crippen LogP contribution in [0, 0.1) is 0 Å². The molecule has 1 aromatic rings. The minimum Gasteiger partial charge on any atom is -0.444 e. The Kier molecular flexibility index (Phi) is 10.1. The number of ether oxygens (including phenoxy) is 1. The summed E-state index contributed by atoms with van der Waals surface area (Å²) < 4.78 is 5.19. The second-order valence-corrected chi connectivity index (χ2v) is 8.85. The highest BCUT2D eigenvalue weighted by atomic mass is 32.2. The number of hydrogen-bond donors (Lipinski definition) is 2. The summed E-state index contributed by atoms with van der Waals surface area (Å²) in [5.41, 5.74) is 0.621. The maximum atomic E-state index is 12.2. The Morgan fingerprint density at radius 1 is 1.11 bits per heavy atom. The molecule has 0 radical (unpaired) electrons. The number of nitrogens with one attached hydrogen (secondary N) is 2. The number of carbonyl (C=O) groups excluding carboxylic acids is 3. The van der Waals surface area contributed by atoms with Crippen LogP contribution in [0.1, 0.15) is 53.0 Å². The fourth-order valence-electron chi connectivity index (χ4n) is 2.32. The lowest BCUT2D eigenvalue weighted by atomic mass is 10.1. The van der Waals surface area contributed by atoms with Crippen molar-refractivity contribution < 1.29 is 19.1 Å². The SMILES string of the molecule is CC(=O)C(CSCc1ccccc1)NC(=O)CCC(C)NC(=O)OC(C)(C)C. The van der Waals surface area contributed by atoms with Crippen molar-refractivity contribution in [2.24, 2.45) is 0 Å². The smallest absolute Gasteiger partial charge is 0.407 e. The van der Waals surface area contributed by atoms with Crippen LogP contribution in [0.2, 0.25) is 0 Å². The lowest BCUT2D eigenvalue weighted by molar-refractivity contribution is -0.126. The highest BCUT2D eigenvalue weighted by Gasteiger charge is 2.20. The molecule has 0 saturated heterocycles. The molecule has 6 nitrogen and oxygen atoms in total. The second-order valence-electron chi connectivity index (χ2n) is 7.82. The van der Waals surface area contributed by atoms with Gasteiger partial charge in [0.25, 0.3) is 0 Å². The first-order valence-electron chi connectivity index (χ1n) is 9.48. The van der Waals surface area contributed by atoms with Gasteiger partial charge in [-0.3, -0.25) is 9.59 Å². The molecule has 0 aromatic heterocycles. The van der Waals surface area contributed by atoms with Crippen molar-refractivity contribution in [2.75, 3.05) is 5.75 Å². The van der Waals surface area contributed by atoms with E-state index in [1.54, 1.807) is 32.5 Å². The van der Waals surface area contributed by atoms with Gasteiger partial charge >= 0.3 is 6.09 Å². The van der Waals surface area contributed by atoms with Gasteiger partial charge in [-0.05, 0) is 46.6 Å². The maximum Gasteiger partial charge on any atom is 0.407 e. The number of carbonyl (C=O) groups is 3. The van der Waals surface area contributed by atoms with Gasteiger partial charge in [0.2, 0.25) is 5.91 Å². The van der Waals surface area contributed by atoms with E-state index in [2.05, 4.69) is 10.6 Å². The zero-order valence-electron chi connectivity index (χ0n) is 17.4. The topological polar surface area (TPSA) is 84.5 Å². The molecule has 156 valence electrons. The molecule has 7 heteroatoms. The van der Waals surface area contributed by atoms with E-state index in [4.69, 9.17) is 4.74 Å². The third-order valence-electron chi connectivity index (χ3n) is 3.79. The Morgan fingerprint density at radius 3 is 2.32 bits per heavy atom. The van der Waals surface area contributed by atoms with E-state index in [1.165, 1.54) is 12.5 Å². The van der Waals surface area contributed by atoms with Crippen LogP contribution < -0.4 is 10.6 Å². The summed E-state index contributed by atoms with van der Waals surface area (Å²) in [7, 11) is 0.